The summed E-state index contributed by atoms with van der Waals surface area (Å²) in [7, 11) is 1.69. The molecule has 1 aliphatic heterocycles. The van der Waals surface area contributed by atoms with Gasteiger partial charge in [-0.2, -0.15) is 0 Å². The molecule has 6 heteroatoms. The maximum atomic E-state index is 12.7. The molecule has 0 aromatic carbocycles. The zero-order chi connectivity index (χ0) is 16.2. The number of imide groups is 1. The second-order valence-electron chi connectivity index (χ2n) is 6.38. The number of carbonyl (C=O) groups is 3. The van der Waals surface area contributed by atoms with Crippen molar-refractivity contribution in [2.75, 3.05) is 20.1 Å². The molecule has 1 saturated carbocycles. The van der Waals surface area contributed by atoms with Gasteiger partial charge in [-0.05, 0) is 19.3 Å². The van der Waals surface area contributed by atoms with Gasteiger partial charge in [-0.15, -0.1) is 0 Å². The maximum Gasteiger partial charge on any atom is 0.327 e. The van der Waals surface area contributed by atoms with Crippen LogP contribution in [-0.2, 0) is 9.59 Å². The number of hydrogen-bond donors (Lipinski definition) is 1. The normalized spacial score (nSPS) is 20.8. The van der Waals surface area contributed by atoms with Crippen LogP contribution in [0.5, 0.6) is 0 Å². The van der Waals surface area contributed by atoms with E-state index in [9.17, 15) is 14.4 Å². The third-order valence-electron chi connectivity index (χ3n) is 4.89. The number of nitrogens with one attached hydrogen (secondary N) is 1. The summed E-state index contributed by atoms with van der Waals surface area (Å²) in [6, 6.07) is -0.337. The van der Waals surface area contributed by atoms with E-state index in [-0.39, 0.29) is 24.4 Å². The zero-order valence-corrected chi connectivity index (χ0v) is 13.7. The second kappa shape index (κ2) is 7.11. The molecule has 2 aliphatic rings. The van der Waals surface area contributed by atoms with Crippen LogP contribution >= 0.6 is 0 Å². The van der Waals surface area contributed by atoms with Gasteiger partial charge in [-0.25, -0.2) is 4.79 Å². The Bertz CT molecular complexity index is 444. The number of unbranched alkanes of at least 4 members (excludes halogenated alkanes) is 2. The van der Waals surface area contributed by atoms with E-state index >= 15 is 0 Å². The van der Waals surface area contributed by atoms with Crippen molar-refractivity contribution < 1.29 is 14.4 Å². The van der Waals surface area contributed by atoms with Gasteiger partial charge in [-0.3, -0.25) is 14.5 Å². The number of likely N-dealkylation sites (N-methyl/N-ethyl adjacent to an activating group) is 1. The van der Waals surface area contributed by atoms with Crippen LogP contribution in [0.15, 0.2) is 0 Å². The lowest BCUT2D eigenvalue weighted by atomic mass is 9.81. The second-order valence-corrected chi connectivity index (χ2v) is 6.38. The molecule has 1 N–H and O–H groups in total. The molecule has 6 nitrogen and oxygen atoms in total. The first-order valence-electron chi connectivity index (χ1n) is 8.39. The first-order valence-corrected chi connectivity index (χ1v) is 8.39. The summed E-state index contributed by atoms with van der Waals surface area (Å²) < 4.78 is 0. The van der Waals surface area contributed by atoms with Gasteiger partial charge in [-0.1, -0.05) is 39.0 Å². The lowest BCUT2D eigenvalue weighted by Crippen LogP contribution is -2.49. The lowest BCUT2D eigenvalue weighted by Gasteiger charge is -2.35. The third kappa shape index (κ3) is 3.10. The largest absolute Gasteiger partial charge is 0.355 e. The molecule has 1 saturated heterocycles. The summed E-state index contributed by atoms with van der Waals surface area (Å²) in [6.45, 7) is 2.54. The highest BCUT2D eigenvalue weighted by Gasteiger charge is 2.55. The van der Waals surface area contributed by atoms with Crippen LogP contribution in [0.25, 0.3) is 0 Å². The fraction of sp³-hybridized carbons (Fsp3) is 0.812. The Morgan fingerprint density at radius 3 is 2.50 bits per heavy atom. The van der Waals surface area contributed by atoms with E-state index in [1.54, 1.807) is 11.9 Å². The lowest BCUT2D eigenvalue weighted by molar-refractivity contribution is -0.137. The van der Waals surface area contributed by atoms with Crippen molar-refractivity contribution in [1.29, 1.82) is 0 Å². The molecule has 2 rings (SSSR count). The fourth-order valence-corrected chi connectivity index (χ4v) is 3.47. The average Bonchev–Trinajstić information content (AvgIpc) is 2.69. The summed E-state index contributed by atoms with van der Waals surface area (Å²) in [4.78, 5) is 39.7. The van der Waals surface area contributed by atoms with Crippen molar-refractivity contribution in [3.63, 3.8) is 0 Å². The first kappa shape index (κ1) is 16.8. The summed E-state index contributed by atoms with van der Waals surface area (Å²) in [5, 5.41) is 2.79. The molecule has 1 aliphatic carbocycles. The van der Waals surface area contributed by atoms with Gasteiger partial charge in [0.1, 0.15) is 12.1 Å². The minimum atomic E-state index is -0.697. The highest BCUT2D eigenvalue weighted by atomic mass is 16.2. The molecule has 1 spiro atoms. The van der Waals surface area contributed by atoms with E-state index in [4.69, 9.17) is 0 Å². The Morgan fingerprint density at radius 2 is 1.86 bits per heavy atom. The van der Waals surface area contributed by atoms with E-state index in [0.717, 1.165) is 43.4 Å². The van der Waals surface area contributed by atoms with Crippen molar-refractivity contribution in [1.82, 2.24) is 15.1 Å². The van der Waals surface area contributed by atoms with Crippen molar-refractivity contribution in [2.45, 2.75) is 63.8 Å². The number of carbonyl (C=O) groups excluding carboxylic acids is 3. The minimum absolute atomic E-state index is 0.157. The predicted octanol–water partition coefficient (Wildman–Crippen LogP) is 1.89. The Kier molecular flexibility index (Phi) is 5.42. The van der Waals surface area contributed by atoms with Crippen LogP contribution in [0.2, 0.25) is 0 Å². The molecule has 1 heterocycles. The van der Waals surface area contributed by atoms with Gasteiger partial charge in [0.05, 0.1) is 0 Å². The summed E-state index contributed by atoms with van der Waals surface area (Å²) in [6.07, 6.45) is 7.52. The quantitative estimate of drug-likeness (QED) is 0.602. The van der Waals surface area contributed by atoms with Crippen molar-refractivity contribution in [3.8, 4) is 0 Å². The van der Waals surface area contributed by atoms with Gasteiger partial charge in [0, 0.05) is 13.6 Å². The monoisotopic (exact) mass is 309 g/mol. The van der Waals surface area contributed by atoms with Crippen LogP contribution in [0.4, 0.5) is 4.79 Å². The van der Waals surface area contributed by atoms with Crippen LogP contribution < -0.4 is 5.32 Å². The molecule has 0 aromatic heterocycles. The van der Waals surface area contributed by atoms with Gasteiger partial charge in [0.2, 0.25) is 5.91 Å². The summed E-state index contributed by atoms with van der Waals surface area (Å²) in [5.41, 5.74) is -0.697. The molecule has 0 aromatic rings. The van der Waals surface area contributed by atoms with Crippen LogP contribution in [-0.4, -0.2) is 53.3 Å². The highest BCUT2D eigenvalue weighted by Crippen LogP contribution is 2.39. The van der Waals surface area contributed by atoms with Gasteiger partial charge < -0.3 is 10.2 Å². The number of hydrogen-bond acceptors (Lipinski definition) is 3. The fourth-order valence-electron chi connectivity index (χ4n) is 3.47. The van der Waals surface area contributed by atoms with Gasteiger partial charge >= 0.3 is 6.03 Å². The van der Waals surface area contributed by atoms with E-state index in [1.807, 2.05) is 0 Å². The molecular weight excluding hydrogens is 282 g/mol. The molecule has 4 amide bonds. The van der Waals surface area contributed by atoms with Crippen LogP contribution in [0.1, 0.15) is 58.3 Å². The molecule has 124 valence electrons. The number of amides is 4. The Morgan fingerprint density at radius 1 is 1.18 bits per heavy atom. The molecular formula is C16H27N3O3. The smallest absolute Gasteiger partial charge is 0.327 e. The van der Waals surface area contributed by atoms with Crippen LogP contribution in [0, 0.1) is 0 Å². The van der Waals surface area contributed by atoms with Crippen molar-refractivity contribution in [3.05, 3.63) is 0 Å². The number of nitrogens with zero attached hydrogens (tertiary/aromatic N) is 2. The molecule has 0 atom stereocenters. The van der Waals surface area contributed by atoms with Gasteiger partial charge in [0.25, 0.3) is 5.91 Å². The summed E-state index contributed by atoms with van der Waals surface area (Å²) >= 11 is 0. The van der Waals surface area contributed by atoms with Crippen LogP contribution in [0.3, 0.4) is 0 Å². The molecule has 0 radical (unpaired) electrons. The zero-order valence-electron chi connectivity index (χ0n) is 13.7. The van der Waals surface area contributed by atoms with Crippen molar-refractivity contribution in [2.24, 2.45) is 0 Å². The third-order valence-corrected chi connectivity index (χ3v) is 4.89. The van der Waals surface area contributed by atoms with E-state index < -0.39 is 5.54 Å². The standard InChI is InChI=1S/C16H27N3O3/c1-3-4-8-11-17-13(20)12-19-14(21)16(18(2)15(19)22)9-6-5-7-10-16/h3-12H2,1-2H3,(H,17,20). The SMILES string of the molecule is CCCCCNC(=O)CN1C(=O)N(C)C2(CCCCC2)C1=O. The molecule has 22 heavy (non-hydrogen) atoms. The number of rotatable bonds is 6. The van der Waals surface area contributed by atoms with E-state index in [1.165, 1.54) is 0 Å². The highest BCUT2D eigenvalue weighted by molar-refractivity contribution is 6.08. The molecule has 0 bridgehead atoms. The number of urea groups is 1. The average molecular weight is 309 g/mol. The predicted molar refractivity (Wildman–Crippen MR) is 83.2 cm³/mol. The Balaban J connectivity index is 1.95. The minimum Gasteiger partial charge on any atom is -0.355 e. The van der Waals surface area contributed by atoms with Crippen molar-refractivity contribution >= 4 is 17.8 Å². The van der Waals surface area contributed by atoms with E-state index in [0.29, 0.717) is 19.4 Å². The Labute approximate surface area is 132 Å². The first-order chi connectivity index (χ1) is 10.5. The molecule has 0 unspecified atom stereocenters. The van der Waals surface area contributed by atoms with E-state index in [2.05, 4.69) is 12.2 Å². The maximum absolute atomic E-state index is 12.7. The Hall–Kier alpha value is -1.59. The van der Waals surface area contributed by atoms with Gasteiger partial charge in [0.15, 0.2) is 0 Å². The summed E-state index contributed by atoms with van der Waals surface area (Å²) in [5.74, 6) is -0.442. The molecule has 2 fully saturated rings. The topological polar surface area (TPSA) is 69.7 Å².